The number of carbonyl (C=O) groups excluding carboxylic acids is 1. The molecule has 114 valence electrons. The topological polar surface area (TPSA) is 78.9 Å². The number of furan rings is 2. The van der Waals surface area contributed by atoms with Crippen LogP contribution in [0.15, 0.2) is 65.3 Å². The van der Waals surface area contributed by atoms with Gasteiger partial charge in [-0.05, 0) is 54.1 Å². The van der Waals surface area contributed by atoms with Crippen molar-refractivity contribution in [3.63, 3.8) is 0 Å². The van der Waals surface area contributed by atoms with E-state index in [2.05, 4.69) is 10.3 Å². The highest BCUT2D eigenvalue weighted by molar-refractivity contribution is 6.16. The molecule has 1 N–H and O–H groups in total. The average molecular weight is 313 g/mol. The van der Waals surface area contributed by atoms with E-state index < -0.39 is 0 Å². The highest BCUT2D eigenvalue weighted by Crippen LogP contribution is 2.37. The maximum absolute atomic E-state index is 12.7. The van der Waals surface area contributed by atoms with E-state index in [0.717, 1.165) is 11.1 Å². The first kappa shape index (κ1) is 14.0. The van der Waals surface area contributed by atoms with Crippen molar-refractivity contribution in [2.45, 2.75) is 0 Å². The Balaban J connectivity index is 1.72. The van der Waals surface area contributed by atoms with Crippen molar-refractivity contribution in [2.24, 2.45) is 0 Å². The number of nitrogens with zero attached hydrogens (tertiary/aromatic N) is 2. The minimum Gasteiger partial charge on any atom is -0.456 e. The van der Waals surface area contributed by atoms with Crippen molar-refractivity contribution in [3.8, 4) is 17.2 Å². The van der Waals surface area contributed by atoms with Crippen molar-refractivity contribution < 1.29 is 9.21 Å². The zero-order chi connectivity index (χ0) is 16.5. The Hall–Kier alpha value is -3.65. The maximum Gasteiger partial charge on any atom is 0.260 e. The second kappa shape index (κ2) is 5.52. The third-order valence-corrected chi connectivity index (χ3v) is 3.82. The van der Waals surface area contributed by atoms with Gasteiger partial charge >= 0.3 is 0 Å². The first-order valence-electron chi connectivity index (χ1n) is 7.33. The van der Waals surface area contributed by atoms with Crippen LogP contribution >= 0.6 is 0 Å². The van der Waals surface area contributed by atoms with Crippen molar-refractivity contribution >= 4 is 22.8 Å². The molecule has 0 spiro atoms. The number of nitriles is 1. The van der Waals surface area contributed by atoms with E-state index in [4.69, 9.17) is 9.68 Å². The van der Waals surface area contributed by atoms with Gasteiger partial charge in [0.2, 0.25) is 0 Å². The lowest BCUT2D eigenvalue weighted by Gasteiger charge is -2.07. The molecule has 24 heavy (non-hydrogen) atoms. The van der Waals surface area contributed by atoms with E-state index in [1.54, 1.807) is 42.7 Å². The van der Waals surface area contributed by atoms with Gasteiger partial charge in [0.05, 0.1) is 17.2 Å². The standard InChI is InChI=1S/C19H11N3O2/c20-11-12-1-3-14(4-2-12)22-19(23)18-16-6-5-15(24-16)17(18)13-7-9-21-10-8-13/h1-10H,(H,22,23). The molecule has 3 heterocycles. The summed E-state index contributed by atoms with van der Waals surface area (Å²) in [5, 5.41) is 11.7. The number of benzene rings is 2. The van der Waals surface area contributed by atoms with Crippen LogP contribution in [0.5, 0.6) is 0 Å². The molecular weight excluding hydrogens is 302 g/mol. The summed E-state index contributed by atoms with van der Waals surface area (Å²) >= 11 is 0. The number of aromatic nitrogens is 1. The Labute approximate surface area is 137 Å². The summed E-state index contributed by atoms with van der Waals surface area (Å²) in [4.78, 5) is 16.8. The smallest absolute Gasteiger partial charge is 0.260 e. The molecule has 0 fully saturated rings. The Morgan fingerprint density at radius 2 is 1.71 bits per heavy atom. The van der Waals surface area contributed by atoms with Gasteiger partial charge in [0, 0.05) is 23.6 Å². The van der Waals surface area contributed by atoms with E-state index in [0.29, 0.717) is 28.0 Å². The average Bonchev–Trinajstić information content (AvgIpc) is 3.24. The van der Waals surface area contributed by atoms with Gasteiger partial charge in [-0.2, -0.15) is 5.26 Å². The van der Waals surface area contributed by atoms with Crippen molar-refractivity contribution in [2.75, 3.05) is 5.32 Å². The van der Waals surface area contributed by atoms with Crippen molar-refractivity contribution in [1.82, 2.24) is 4.98 Å². The molecule has 2 bridgehead atoms. The van der Waals surface area contributed by atoms with Crippen LogP contribution in [0, 0.1) is 11.3 Å². The highest BCUT2D eigenvalue weighted by atomic mass is 16.3. The van der Waals surface area contributed by atoms with Gasteiger partial charge in [-0.15, -0.1) is 0 Å². The summed E-state index contributed by atoms with van der Waals surface area (Å²) in [5.41, 5.74) is 4.52. The van der Waals surface area contributed by atoms with E-state index in [-0.39, 0.29) is 5.91 Å². The van der Waals surface area contributed by atoms with E-state index >= 15 is 0 Å². The molecule has 0 aliphatic heterocycles. The molecule has 0 aliphatic rings. The lowest BCUT2D eigenvalue weighted by atomic mass is 10.00. The number of amides is 1. The molecule has 0 aliphatic carbocycles. The van der Waals surface area contributed by atoms with Gasteiger partial charge < -0.3 is 9.73 Å². The zero-order valence-corrected chi connectivity index (χ0v) is 12.5. The molecule has 4 rings (SSSR count). The van der Waals surface area contributed by atoms with Gasteiger partial charge in [-0.25, -0.2) is 0 Å². The fraction of sp³-hybridized carbons (Fsp3) is 0. The van der Waals surface area contributed by atoms with Gasteiger partial charge in [0.25, 0.3) is 5.91 Å². The predicted octanol–water partition coefficient (Wildman–Crippen LogP) is 4.06. The lowest BCUT2D eigenvalue weighted by Crippen LogP contribution is -2.12. The van der Waals surface area contributed by atoms with E-state index in [1.165, 1.54) is 0 Å². The lowest BCUT2D eigenvalue weighted by molar-refractivity contribution is 0.102. The number of fused-ring (bicyclic) bond motifs is 2. The van der Waals surface area contributed by atoms with Crippen LogP contribution in [-0.2, 0) is 0 Å². The van der Waals surface area contributed by atoms with Crippen LogP contribution in [0.3, 0.4) is 0 Å². The molecule has 5 heteroatoms. The molecule has 0 saturated heterocycles. The third kappa shape index (κ3) is 2.27. The number of hydrogen-bond donors (Lipinski definition) is 1. The molecule has 1 amide bonds. The van der Waals surface area contributed by atoms with Crippen LogP contribution in [0.25, 0.3) is 22.3 Å². The van der Waals surface area contributed by atoms with Gasteiger partial charge in [-0.3, -0.25) is 9.78 Å². The van der Waals surface area contributed by atoms with Crippen LogP contribution in [0.1, 0.15) is 15.9 Å². The molecule has 4 aromatic rings. The number of pyridine rings is 1. The Bertz CT molecular complexity index is 1040. The second-order valence-electron chi connectivity index (χ2n) is 5.29. The first-order chi connectivity index (χ1) is 11.8. The van der Waals surface area contributed by atoms with Crippen LogP contribution in [-0.4, -0.2) is 10.9 Å². The largest absolute Gasteiger partial charge is 0.456 e. The summed E-state index contributed by atoms with van der Waals surface area (Å²) in [6.45, 7) is 0. The molecule has 1 aromatic carbocycles. The molecule has 0 unspecified atom stereocenters. The number of nitrogens with one attached hydrogen (secondary N) is 1. The number of rotatable bonds is 3. The predicted molar refractivity (Wildman–Crippen MR) is 89.7 cm³/mol. The normalized spacial score (nSPS) is 10.6. The number of hydrogen-bond acceptors (Lipinski definition) is 4. The molecule has 0 radical (unpaired) electrons. The highest BCUT2D eigenvalue weighted by Gasteiger charge is 2.23. The second-order valence-corrected chi connectivity index (χ2v) is 5.29. The minimum absolute atomic E-state index is 0.249. The zero-order valence-electron chi connectivity index (χ0n) is 12.5. The summed E-state index contributed by atoms with van der Waals surface area (Å²) in [6.07, 6.45) is 3.36. The fourth-order valence-corrected chi connectivity index (χ4v) is 2.71. The summed E-state index contributed by atoms with van der Waals surface area (Å²) in [6, 6.07) is 16.1. The van der Waals surface area contributed by atoms with Crippen LogP contribution < -0.4 is 5.32 Å². The monoisotopic (exact) mass is 313 g/mol. The molecule has 5 nitrogen and oxygen atoms in total. The summed E-state index contributed by atoms with van der Waals surface area (Å²) in [7, 11) is 0. The van der Waals surface area contributed by atoms with Crippen molar-refractivity contribution in [1.29, 1.82) is 5.26 Å². The molecule has 0 atom stereocenters. The van der Waals surface area contributed by atoms with Gasteiger partial charge in [0.1, 0.15) is 11.2 Å². The van der Waals surface area contributed by atoms with Crippen LogP contribution in [0.2, 0.25) is 0 Å². The summed E-state index contributed by atoms with van der Waals surface area (Å²) in [5.74, 6) is -0.249. The third-order valence-electron chi connectivity index (χ3n) is 3.82. The quantitative estimate of drug-likeness (QED) is 0.618. The number of carbonyl (C=O) groups is 1. The first-order valence-corrected chi connectivity index (χ1v) is 7.33. The van der Waals surface area contributed by atoms with Crippen molar-refractivity contribution in [3.05, 3.63) is 72.1 Å². The van der Waals surface area contributed by atoms with Gasteiger partial charge in [0.15, 0.2) is 0 Å². The Morgan fingerprint density at radius 1 is 1.00 bits per heavy atom. The molecule has 3 aromatic heterocycles. The number of anilines is 1. The minimum atomic E-state index is -0.249. The van der Waals surface area contributed by atoms with E-state index in [9.17, 15) is 4.79 Å². The van der Waals surface area contributed by atoms with E-state index in [1.807, 2.05) is 24.3 Å². The van der Waals surface area contributed by atoms with Gasteiger partial charge in [-0.1, -0.05) is 0 Å². The van der Waals surface area contributed by atoms with Crippen LogP contribution in [0.4, 0.5) is 5.69 Å². The maximum atomic E-state index is 12.7. The molecule has 0 saturated carbocycles. The SMILES string of the molecule is N#Cc1ccc(NC(=O)c2c(-c3ccncc3)c3ccc2o3)cc1. The fourth-order valence-electron chi connectivity index (χ4n) is 2.71. The summed E-state index contributed by atoms with van der Waals surface area (Å²) < 4.78 is 5.67. The Kier molecular flexibility index (Phi) is 3.22. The molecular formula is C19H11N3O2. The Morgan fingerprint density at radius 3 is 2.42 bits per heavy atom.